The molecule has 1 radical (unpaired) electrons. The van der Waals surface area contributed by atoms with Gasteiger partial charge in [-0.1, -0.05) is 17.7 Å². The zero-order valence-electron chi connectivity index (χ0n) is 2.24. The second-order valence-electron chi connectivity index (χ2n) is 0.362. The van der Waals surface area contributed by atoms with E-state index in [1.807, 2.05) is 0 Å². The fourth-order valence-corrected chi connectivity index (χ4v) is 0. The van der Waals surface area contributed by atoms with Gasteiger partial charge in [-0.15, -0.1) is 0 Å². The number of allylic oxidation sites excluding steroid dienone is 1. The summed E-state index contributed by atoms with van der Waals surface area (Å²) in [5.74, 6) is 0. The molecule has 0 saturated carbocycles. The van der Waals surface area contributed by atoms with Gasteiger partial charge in [0.2, 0.25) is 0 Å². The van der Waals surface area contributed by atoms with Crippen molar-refractivity contribution < 1.29 is 0 Å². The van der Waals surface area contributed by atoms with Crippen molar-refractivity contribution in [3.8, 4) is 0 Å². The van der Waals surface area contributed by atoms with E-state index in [2.05, 4.69) is 6.92 Å². The Labute approximate surface area is 31.1 Å². The second-order valence-corrected chi connectivity index (χ2v) is 0.614. The normalized spacial score (nSPS) is 9.50. The fraction of sp³-hybridized carbons (Fsp3) is 0. The Morgan fingerprint density at radius 2 is 2.00 bits per heavy atom. The molecule has 0 spiro atoms. The molecule has 0 fully saturated rings. The molecule has 0 aliphatic carbocycles. The predicted octanol–water partition coefficient (Wildman–Crippen LogP) is 1.57. The minimum absolute atomic E-state index is 1.36. The molecule has 0 aliphatic heterocycles. The lowest BCUT2D eigenvalue weighted by Crippen LogP contribution is -1.21. The summed E-state index contributed by atoms with van der Waals surface area (Å²) in [6.07, 6.45) is 1.52. The summed E-state index contributed by atoms with van der Waals surface area (Å²) >= 11 is 4.94. The lowest BCUT2D eigenvalue weighted by Gasteiger charge is -1.46. The lowest BCUT2D eigenvalue weighted by atomic mass is 10.8. The van der Waals surface area contributed by atoms with Crippen LogP contribution < -0.4 is 0 Å². The summed E-state index contributed by atoms with van der Waals surface area (Å²) in [5, 5.41) is 0. The molecular formula is C3H4Cl. The van der Waals surface area contributed by atoms with Gasteiger partial charge in [-0.2, -0.15) is 0 Å². The third kappa shape index (κ3) is 2.03. The van der Waals surface area contributed by atoms with Gasteiger partial charge >= 0.3 is 0 Å². The van der Waals surface area contributed by atoms with Gasteiger partial charge in [0.15, 0.2) is 0 Å². The largest absolute Gasteiger partial charge is 0.0933 e. The summed E-state index contributed by atoms with van der Waals surface area (Å²) in [5.41, 5.74) is 1.36. The first-order valence-corrected chi connectivity index (χ1v) is 1.40. The zero-order valence-corrected chi connectivity index (χ0v) is 3.00. The summed E-state index contributed by atoms with van der Waals surface area (Å²) in [6, 6.07) is 0. The van der Waals surface area contributed by atoms with Crippen molar-refractivity contribution in [1.29, 1.82) is 0 Å². The molecule has 23 valence electrons. The molecule has 0 aromatic carbocycles. The Morgan fingerprint density at radius 3 is 2.00 bits per heavy atom. The van der Waals surface area contributed by atoms with E-state index in [-0.39, 0.29) is 0 Å². The first-order chi connectivity index (χ1) is 1.91. The maximum atomic E-state index is 4.94. The fourth-order valence-electron chi connectivity index (χ4n) is 0. The highest BCUT2D eigenvalue weighted by Crippen LogP contribution is 1.70. The summed E-state index contributed by atoms with van der Waals surface area (Å²) in [7, 11) is 0. The molecule has 4 heavy (non-hydrogen) atoms. The summed E-state index contributed by atoms with van der Waals surface area (Å²) in [4.78, 5) is 0. The molecule has 0 aliphatic rings. The van der Waals surface area contributed by atoms with Crippen molar-refractivity contribution in [2.24, 2.45) is 0 Å². The first-order valence-electron chi connectivity index (χ1n) is 0.960. The van der Waals surface area contributed by atoms with E-state index < -0.39 is 0 Å². The van der Waals surface area contributed by atoms with Gasteiger partial charge in [-0.3, -0.25) is 0 Å². The van der Waals surface area contributed by atoms with Crippen LogP contribution in [0.3, 0.4) is 0 Å². The number of halogens is 1. The minimum Gasteiger partial charge on any atom is -0.0933 e. The Balaban J connectivity index is 2.55. The standard InChI is InChI=1S/C3H4Cl/c1-2-3-4/h2-3H,1H2. The number of hydrogen-bond donors (Lipinski definition) is 0. The van der Waals surface area contributed by atoms with Gasteiger partial charge < -0.3 is 0 Å². The highest BCUT2D eigenvalue weighted by molar-refractivity contribution is 6.25. The van der Waals surface area contributed by atoms with Crippen molar-refractivity contribution in [2.45, 2.75) is 0 Å². The van der Waals surface area contributed by atoms with Crippen LogP contribution in [0.5, 0.6) is 0 Å². The molecular weight excluding hydrogens is 71.5 g/mol. The molecule has 0 nitrogen and oxygen atoms in total. The third-order valence-electron chi connectivity index (χ3n) is 0.0891. The highest BCUT2D eigenvalue weighted by atomic mass is 35.5. The van der Waals surface area contributed by atoms with Crippen molar-refractivity contribution >= 4 is 11.6 Å². The molecule has 0 heterocycles. The minimum atomic E-state index is 1.36. The zero-order chi connectivity index (χ0) is 3.41. The SMILES string of the molecule is [CH2]C=CCl. The van der Waals surface area contributed by atoms with Crippen LogP contribution in [0, 0.1) is 6.92 Å². The van der Waals surface area contributed by atoms with Crippen LogP contribution in [0.1, 0.15) is 0 Å². The molecule has 0 rings (SSSR count). The Morgan fingerprint density at radius 1 is 1.75 bits per heavy atom. The Kier molecular flexibility index (Phi) is 3.05. The van der Waals surface area contributed by atoms with E-state index >= 15 is 0 Å². The first kappa shape index (κ1) is 4.03. The van der Waals surface area contributed by atoms with Crippen LogP contribution >= 0.6 is 11.6 Å². The summed E-state index contributed by atoms with van der Waals surface area (Å²) < 4.78 is 0. The van der Waals surface area contributed by atoms with E-state index in [0.29, 0.717) is 0 Å². The molecule has 0 unspecified atom stereocenters. The molecule has 0 atom stereocenters. The molecule has 1 heteroatoms. The Bertz CT molecular complexity index is 18.5. The van der Waals surface area contributed by atoms with E-state index in [0.717, 1.165) is 0 Å². The third-order valence-corrected chi connectivity index (χ3v) is 0.267. The van der Waals surface area contributed by atoms with Crippen molar-refractivity contribution in [3.63, 3.8) is 0 Å². The van der Waals surface area contributed by atoms with Crippen LogP contribution in [-0.4, -0.2) is 0 Å². The van der Waals surface area contributed by atoms with Crippen molar-refractivity contribution in [1.82, 2.24) is 0 Å². The molecule has 0 saturated heterocycles. The molecule has 0 N–H and O–H groups in total. The summed E-state index contributed by atoms with van der Waals surface area (Å²) in [6.45, 7) is 3.29. The molecule has 0 aromatic heterocycles. The topological polar surface area (TPSA) is 0 Å². The van der Waals surface area contributed by atoms with Crippen molar-refractivity contribution in [3.05, 3.63) is 18.5 Å². The molecule has 0 aromatic rings. The number of rotatable bonds is 0. The van der Waals surface area contributed by atoms with E-state index in [9.17, 15) is 0 Å². The van der Waals surface area contributed by atoms with E-state index in [1.54, 1.807) is 0 Å². The van der Waals surface area contributed by atoms with E-state index in [1.165, 1.54) is 11.6 Å². The van der Waals surface area contributed by atoms with Gasteiger partial charge in [0.25, 0.3) is 0 Å². The van der Waals surface area contributed by atoms with Crippen LogP contribution in [0.4, 0.5) is 0 Å². The van der Waals surface area contributed by atoms with Crippen LogP contribution in [0.2, 0.25) is 0 Å². The smallest absolute Gasteiger partial charge is 0.000256 e. The molecule has 0 amide bonds. The molecule has 0 bridgehead atoms. The number of hydrogen-bond acceptors (Lipinski definition) is 0. The van der Waals surface area contributed by atoms with Gasteiger partial charge in [-0.05, 0) is 6.92 Å². The predicted molar refractivity (Wildman–Crippen MR) is 20.3 cm³/mol. The van der Waals surface area contributed by atoms with Gasteiger partial charge in [0, 0.05) is 5.54 Å². The second kappa shape index (κ2) is 3.03. The monoisotopic (exact) mass is 75.0 g/mol. The Hall–Kier alpha value is 0.0300. The van der Waals surface area contributed by atoms with Crippen LogP contribution in [0.25, 0.3) is 0 Å². The van der Waals surface area contributed by atoms with E-state index in [4.69, 9.17) is 11.6 Å². The quantitative estimate of drug-likeness (QED) is 0.410. The van der Waals surface area contributed by atoms with Crippen LogP contribution in [0.15, 0.2) is 11.6 Å². The van der Waals surface area contributed by atoms with Gasteiger partial charge in [0.05, 0.1) is 0 Å². The lowest BCUT2D eigenvalue weighted by molar-refractivity contribution is 2.15. The maximum Gasteiger partial charge on any atom is 0.000256 e. The average Bonchev–Trinajstić information content (AvgIpc) is 1.37. The van der Waals surface area contributed by atoms with Gasteiger partial charge in [0.1, 0.15) is 0 Å². The van der Waals surface area contributed by atoms with Crippen molar-refractivity contribution in [2.75, 3.05) is 0 Å². The highest BCUT2D eigenvalue weighted by Gasteiger charge is 1.37. The van der Waals surface area contributed by atoms with Gasteiger partial charge in [-0.25, -0.2) is 0 Å². The van der Waals surface area contributed by atoms with Crippen LogP contribution in [-0.2, 0) is 0 Å². The average molecular weight is 75.5 g/mol. The maximum absolute atomic E-state index is 4.94.